The summed E-state index contributed by atoms with van der Waals surface area (Å²) in [6.45, 7) is 1.92. The number of carbonyl (C=O) groups excluding carboxylic acids is 1. The maximum Gasteiger partial charge on any atom is 0.324 e. The molecule has 4 heteroatoms. The van der Waals surface area contributed by atoms with E-state index in [0.717, 1.165) is 6.42 Å². The quantitative estimate of drug-likeness (QED) is 0.432. The topological polar surface area (TPSA) is 63.6 Å². The van der Waals surface area contributed by atoms with Gasteiger partial charge in [0.1, 0.15) is 0 Å². The monoisotopic (exact) mass is 210 g/mol. The van der Waals surface area contributed by atoms with Gasteiger partial charge in [-0.05, 0) is 25.7 Å². The molecule has 0 spiro atoms. The van der Waals surface area contributed by atoms with Gasteiger partial charge in [0.25, 0.3) is 0 Å². The van der Waals surface area contributed by atoms with Crippen LogP contribution in [0, 0.1) is 17.3 Å². The Hall–Kier alpha value is -1.32. The van der Waals surface area contributed by atoms with Crippen molar-refractivity contribution in [1.82, 2.24) is 0 Å². The fourth-order valence-electron chi connectivity index (χ4n) is 2.68. The number of aliphatic carboxylic acids is 1. The molecule has 2 rings (SSSR count). The molecule has 0 saturated heterocycles. The van der Waals surface area contributed by atoms with Crippen LogP contribution in [0.5, 0.6) is 0 Å². The molecule has 2 bridgehead atoms. The minimum atomic E-state index is -1.31. The van der Waals surface area contributed by atoms with E-state index in [9.17, 15) is 14.7 Å². The first kappa shape index (κ1) is 10.2. The molecule has 1 saturated carbocycles. The maximum absolute atomic E-state index is 11.8. The molecule has 0 amide bonds. The lowest BCUT2D eigenvalue weighted by atomic mass is 9.76. The Labute approximate surface area is 87.9 Å². The number of rotatable bonds is 3. The van der Waals surface area contributed by atoms with Crippen LogP contribution in [0.1, 0.15) is 19.8 Å². The number of carboxylic acid groups (broad SMARTS) is 1. The molecule has 0 aromatic carbocycles. The van der Waals surface area contributed by atoms with Gasteiger partial charge < -0.3 is 9.84 Å². The van der Waals surface area contributed by atoms with E-state index in [0.29, 0.717) is 6.42 Å². The molecule has 0 aliphatic heterocycles. The van der Waals surface area contributed by atoms with Crippen molar-refractivity contribution in [3.05, 3.63) is 12.2 Å². The van der Waals surface area contributed by atoms with Gasteiger partial charge in [-0.2, -0.15) is 0 Å². The summed E-state index contributed by atoms with van der Waals surface area (Å²) >= 11 is 0. The minimum absolute atomic E-state index is 0.181. The van der Waals surface area contributed by atoms with Gasteiger partial charge in [0.15, 0.2) is 5.41 Å². The second-order valence-corrected chi connectivity index (χ2v) is 4.19. The van der Waals surface area contributed by atoms with Crippen LogP contribution in [0.4, 0.5) is 0 Å². The van der Waals surface area contributed by atoms with E-state index < -0.39 is 17.4 Å². The SMILES string of the molecule is CCOC(=O)C1(C(=O)O)CC2C=CC1C2. The summed E-state index contributed by atoms with van der Waals surface area (Å²) in [5.41, 5.74) is -1.31. The summed E-state index contributed by atoms with van der Waals surface area (Å²) in [6, 6.07) is 0. The van der Waals surface area contributed by atoms with Crippen LogP contribution in [-0.2, 0) is 14.3 Å². The van der Waals surface area contributed by atoms with E-state index >= 15 is 0 Å². The number of hydrogen-bond acceptors (Lipinski definition) is 3. The third kappa shape index (κ3) is 1.28. The Balaban J connectivity index is 2.30. The molecule has 82 valence electrons. The normalized spacial score (nSPS) is 36.9. The van der Waals surface area contributed by atoms with Gasteiger partial charge in [-0.1, -0.05) is 12.2 Å². The molecule has 3 unspecified atom stereocenters. The Morgan fingerprint density at radius 1 is 1.53 bits per heavy atom. The first-order valence-electron chi connectivity index (χ1n) is 5.20. The largest absolute Gasteiger partial charge is 0.480 e. The second kappa shape index (κ2) is 3.36. The smallest absolute Gasteiger partial charge is 0.324 e. The van der Waals surface area contributed by atoms with Crippen LogP contribution in [0.15, 0.2) is 12.2 Å². The van der Waals surface area contributed by atoms with Gasteiger partial charge >= 0.3 is 11.9 Å². The van der Waals surface area contributed by atoms with Gasteiger partial charge in [-0.25, -0.2) is 0 Å². The van der Waals surface area contributed by atoms with Crippen LogP contribution < -0.4 is 0 Å². The summed E-state index contributed by atoms with van der Waals surface area (Å²) in [7, 11) is 0. The maximum atomic E-state index is 11.8. The first-order valence-corrected chi connectivity index (χ1v) is 5.20. The summed E-state index contributed by atoms with van der Waals surface area (Å²) < 4.78 is 4.89. The molecule has 15 heavy (non-hydrogen) atoms. The number of fused-ring (bicyclic) bond motifs is 2. The molecule has 3 atom stereocenters. The van der Waals surface area contributed by atoms with Crippen molar-refractivity contribution in [3.63, 3.8) is 0 Å². The average Bonchev–Trinajstić information content (AvgIpc) is 2.77. The summed E-state index contributed by atoms with van der Waals surface area (Å²) in [6.07, 6.45) is 5.01. The number of hydrogen-bond donors (Lipinski definition) is 1. The van der Waals surface area contributed by atoms with Crippen molar-refractivity contribution < 1.29 is 19.4 Å². The lowest BCUT2D eigenvalue weighted by Gasteiger charge is -2.28. The van der Waals surface area contributed by atoms with Crippen molar-refractivity contribution in [2.75, 3.05) is 6.61 Å². The number of carbonyl (C=O) groups is 2. The molecule has 2 aliphatic rings. The van der Waals surface area contributed by atoms with Gasteiger partial charge in [-0.15, -0.1) is 0 Å². The zero-order valence-electron chi connectivity index (χ0n) is 8.60. The summed E-state index contributed by atoms with van der Waals surface area (Å²) in [5.74, 6) is -1.57. The molecule has 4 nitrogen and oxygen atoms in total. The third-order valence-corrected chi connectivity index (χ3v) is 3.41. The summed E-state index contributed by atoms with van der Waals surface area (Å²) in [4.78, 5) is 23.1. The Bertz CT molecular complexity index is 333. The lowest BCUT2D eigenvalue weighted by molar-refractivity contribution is -0.170. The predicted molar refractivity (Wildman–Crippen MR) is 52.1 cm³/mol. The Morgan fingerprint density at radius 2 is 2.27 bits per heavy atom. The summed E-state index contributed by atoms with van der Waals surface area (Å²) in [5, 5.41) is 9.25. The van der Waals surface area contributed by atoms with Crippen LogP contribution in [0.3, 0.4) is 0 Å². The van der Waals surface area contributed by atoms with E-state index in [-0.39, 0.29) is 18.4 Å². The fourth-order valence-corrected chi connectivity index (χ4v) is 2.68. The predicted octanol–water partition coefficient (Wildman–Crippen LogP) is 1.22. The zero-order valence-corrected chi connectivity index (χ0v) is 8.60. The first-order chi connectivity index (χ1) is 7.11. The van der Waals surface area contributed by atoms with Crippen LogP contribution in [0.2, 0.25) is 0 Å². The highest BCUT2D eigenvalue weighted by molar-refractivity contribution is 6.00. The fraction of sp³-hybridized carbons (Fsp3) is 0.636. The molecular formula is C11H14O4. The zero-order chi connectivity index (χ0) is 11.1. The van der Waals surface area contributed by atoms with Crippen molar-refractivity contribution in [2.24, 2.45) is 17.3 Å². The molecular weight excluding hydrogens is 196 g/mol. The minimum Gasteiger partial charge on any atom is -0.480 e. The highest BCUT2D eigenvalue weighted by Crippen LogP contribution is 2.52. The van der Waals surface area contributed by atoms with Gasteiger partial charge in [0.2, 0.25) is 0 Å². The van der Waals surface area contributed by atoms with Crippen LogP contribution in [0.25, 0.3) is 0 Å². The standard InChI is InChI=1S/C11H14O4/c1-2-15-10(14)11(9(12)13)6-7-3-4-8(11)5-7/h3-4,7-8H,2,5-6H2,1H3,(H,12,13). The molecule has 0 aromatic heterocycles. The molecule has 2 aliphatic carbocycles. The number of carboxylic acids is 1. The van der Waals surface area contributed by atoms with Gasteiger partial charge in [0.05, 0.1) is 6.61 Å². The average molecular weight is 210 g/mol. The lowest BCUT2D eigenvalue weighted by Crippen LogP contribution is -2.44. The third-order valence-electron chi connectivity index (χ3n) is 3.41. The molecule has 0 aromatic rings. The highest BCUT2D eigenvalue weighted by atomic mass is 16.5. The van der Waals surface area contributed by atoms with E-state index in [1.54, 1.807) is 6.92 Å². The highest BCUT2D eigenvalue weighted by Gasteiger charge is 2.60. The van der Waals surface area contributed by atoms with Crippen LogP contribution in [-0.4, -0.2) is 23.7 Å². The van der Waals surface area contributed by atoms with Crippen molar-refractivity contribution in [3.8, 4) is 0 Å². The molecule has 0 radical (unpaired) electrons. The van der Waals surface area contributed by atoms with Gasteiger partial charge in [0, 0.05) is 5.92 Å². The Morgan fingerprint density at radius 3 is 2.67 bits per heavy atom. The molecule has 0 heterocycles. The van der Waals surface area contributed by atoms with Crippen molar-refractivity contribution in [1.29, 1.82) is 0 Å². The van der Waals surface area contributed by atoms with Crippen molar-refractivity contribution in [2.45, 2.75) is 19.8 Å². The molecule has 1 N–H and O–H groups in total. The van der Waals surface area contributed by atoms with Crippen molar-refractivity contribution >= 4 is 11.9 Å². The molecule has 1 fully saturated rings. The number of allylic oxidation sites excluding steroid dienone is 2. The number of esters is 1. The Kier molecular flexibility index (Phi) is 2.29. The van der Waals surface area contributed by atoms with E-state index in [1.807, 2.05) is 12.2 Å². The number of ether oxygens (including phenoxy) is 1. The van der Waals surface area contributed by atoms with E-state index in [2.05, 4.69) is 0 Å². The van der Waals surface area contributed by atoms with E-state index in [1.165, 1.54) is 0 Å². The second-order valence-electron chi connectivity index (χ2n) is 4.19. The van der Waals surface area contributed by atoms with Crippen LogP contribution >= 0.6 is 0 Å². The van der Waals surface area contributed by atoms with E-state index in [4.69, 9.17) is 4.74 Å². The van der Waals surface area contributed by atoms with Gasteiger partial charge in [-0.3, -0.25) is 9.59 Å².